The number of fused-ring (bicyclic) bond motifs is 3. The van der Waals surface area contributed by atoms with Gasteiger partial charge in [-0.2, -0.15) is 0 Å². The Labute approximate surface area is 135 Å². The summed E-state index contributed by atoms with van der Waals surface area (Å²) in [6.07, 6.45) is 0. The van der Waals surface area contributed by atoms with Crippen LogP contribution in [0.15, 0.2) is 36.4 Å². The fourth-order valence-corrected chi connectivity index (χ4v) is 2.89. The Morgan fingerprint density at radius 3 is 2.30 bits per heavy atom. The summed E-state index contributed by atoms with van der Waals surface area (Å²) in [6.45, 7) is 6.32. The molecule has 0 aromatic heterocycles. The minimum atomic E-state index is -0.279. The Hall–Kier alpha value is -2.55. The maximum absolute atomic E-state index is 12.4. The van der Waals surface area contributed by atoms with E-state index in [9.17, 15) is 4.79 Å². The molecule has 0 aliphatic heterocycles. The Morgan fingerprint density at radius 2 is 1.65 bits per heavy atom. The lowest BCUT2D eigenvalue weighted by Crippen LogP contribution is -2.06. The van der Waals surface area contributed by atoms with Crippen LogP contribution in [-0.2, 0) is 4.74 Å². The third-order valence-electron chi connectivity index (χ3n) is 4.27. The molecular weight excluding hydrogens is 288 g/mol. The van der Waals surface area contributed by atoms with E-state index in [0.29, 0.717) is 12.2 Å². The van der Waals surface area contributed by atoms with E-state index in [1.807, 2.05) is 31.2 Å². The monoisotopic (exact) mass is 308 g/mol. The molecule has 118 valence electrons. The van der Waals surface area contributed by atoms with Gasteiger partial charge in [0, 0.05) is 0 Å². The molecule has 0 fully saturated rings. The third kappa shape index (κ3) is 2.63. The first kappa shape index (κ1) is 15.3. The second-order valence-corrected chi connectivity index (χ2v) is 5.71. The average molecular weight is 308 g/mol. The standard InChI is InChI=1S/C20H20O3/c1-5-23-20(21)19-10-14-6-7-15(22-4)11-16(14)17-8-12(2)13(3)9-18(17)19/h6-11H,5H2,1-4H3. The van der Waals surface area contributed by atoms with Crippen molar-refractivity contribution in [3.05, 3.63) is 53.1 Å². The van der Waals surface area contributed by atoms with Gasteiger partial charge in [-0.05, 0) is 71.6 Å². The van der Waals surface area contributed by atoms with Crippen molar-refractivity contribution in [2.75, 3.05) is 13.7 Å². The Morgan fingerprint density at radius 1 is 0.957 bits per heavy atom. The summed E-state index contributed by atoms with van der Waals surface area (Å²) in [5, 5.41) is 4.06. The molecule has 0 N–H and O–H groups in total. The zero-order valence-corrected chi connectivity index (χ0v) is 13.9. The molecule has 0 amide bonds. The number of hydrogen-bond acceptors (Lipinski definition) is 3. The molecule has 0 unspecified atom stereocenters. The van der Waals surface area contributed by atoms with E-state index in [2.05, 4.69) is 26.0 Å². The minimum absolute atomic E-state index is 0.279. The van der Waals surface area contributed by atoms with E-state index < -0.39 is 0 Å². The van der Waals surface area contributed by atoms with Crippen LogP contribution in [0.2, 0.25) is 0 Å². The third-order valence-corrected chi connectivity index (χ3v) is 4.27. The van der Waals surface area contributed by atoms with Gasteiger partial charge in [0.1, 0.15) is 5.75 Å². The smallest absolute Gasteiger partial charge is 0.338 e. The van der Waals surface area contributed by atoms with Gasteiger partial charge in [-0.25, -0.2) is 4.79 Å². The summed E-state index contributed by atoms with van der Waals surface area (Å²) < 4.78 is 10.6. The van der Waals surface area contributed by atoms with Crippen LogP contribution in [0.25, 0.3) is 21.5 Å². The van der Waals surface area contributed by atoms with Crippen molar-refractivity contribution in [2.24, 2.45) is 0 Å². The molecule has 3 aromatic rings. The number of esters is 1. The number of rotatable bonds is 3. The van der Waals surface area contributed by atoms with Gasteiger partial charge in [0.25, 0.3) is 0 Å². The highest BCUT2D eigenvalue weighted by molar-refractivity contribution is 6.16. The highest BCUT2D eigenvalue weighted by Crippen LogP contribution is 2.33. The van der Waals surface area contributed by atoms with Crippen molar-refractivity contribution in [1.29, 1.82) is 0 Å². The molecule has 0 atom stereocenters. The number of aryl methyl sites for hydroxylation is 2. The summed E-state index contributed by atoms with van der Waals surface area (Å²) in [7, 11) is 1.66. The Balaban J connectivity index is 2.43. The van der Waals surface area contributed by atoms with E-state index in [-0.39, 0.29) is 5.97 Å². The normalized spacial score (nSPS) is 11.0. The van der Waals surface area contributed by atoms with Crippen LogP contribution >= 0.6 is 0 Å². The van der Waals surface area contributed by atoms with E-state index in [4.69, 9.17) is 9.47 Å². The maximum atomic E-state index is 12.4. The molecular formula is C20H20O3. The van der Waals surface area contributed by atoms with Crippen LogP contribution in [0, 0.1) is 13.8 Å². The van der Waals surface area contributed by atoms with Crippen molar-refractivity contribution in [3.8, 4) is 5.75 Å². The molecule has 0 aliphatic carbocycles. The Bertz CT molecular complexity index is 910. The van der Waals surface area contributed by atoms with Gasteiger partial charge in [-0.3, -0.25) is 0 Å². The number of hydrogen-bond donors (Lipinski definition) is 0. The van der Waals surface area contributed by atoms with E-state index in [0.717, 1.165) is 32.9 Å². The van der Waals surface area contributed by atoms with Crippen LogP contribution in [0.3, 0.4) is 0 Å². The fourth-order valence-electron chi connectivity index (χ4n) is 2.89. The van der Waals surface area contributed by atoms with Crippen molar-refractivity contribution in [2.45, 2.75) is 20.8 Å². The van der Waals surface area contributed by atoms with E-state index >= 15 is 0 Å². The molecule has 0 bridgehead atoms. The lowest BCUT2D eigenvalue weighted by atomic mass is 9.93. The van der Waals surface area contributed by atoms with Crippen LogP contribution in [0.4, 0.5) is 0 Å². The van der Waals surface area contributed by atoms with E-state index in [1.54, 1.807) is 7.11 Å². The molecule has 0 saturated carbocycles. The first-order valence-electron chi connectivity index (χ1n) is 7.74. The molecule has 0 spiro atoms. The summed E-state index contributed by atoms with van der Waals surface area (Å²) >= 11 is 0. The Kier molecular flexibility index (Phi) is 3.95. The number of carbonyl (C=O) groups excluding carboxylic acids is 1. The van der Waals surface area contributed by atoms with Gasteiger partial charge in [0.15, 0.2) is 0 Å². The van der Waals surface area contributed by atoms with Gasteiger partial charge in [-0.1, -0.05) is 18.2 Å². The predicted molar refractivity (Wildman–Crippen MR) is 93.4 cm³/mol. The first-order valence-corrected chi connectivity index (χ1v) is 7.74. The van der Waals surface area contributed by atoms with Gasteiger partial charge in [-0.15, -0.1) is 0 Å². The SMILES string of the molecule is CCOC(=O)c1cc2ccc(OC)cc2c2cc(C)c(C)cc12. The molecule has 0 radical (unpaired) electrons. The summed E-state index contributed by atoms with van der Waals surface area (Å²) in [6, 6.07) is 12.0. The van der Waals surface area contributed by atoms with Crippen molar-refractivity contribution in [3.63, 3.8) is 0 Å². The van der Waals surface area contributed by atoms with Crippen LogP contribution in [-0.4, -0.2) is 19.7 Å². The highest BCUT2D eigenvalue weighted by Gasteiger charge is 2.15. The molecule has 3 rings (SSSR count). The second kappa shape index (κ2) is 5.92. The molecule has 3 nitrogen and oxygen atoms in total. The molecule has 0 saturated heterocycles. The van der Waals surface area contributed by atoms with Gasteiger partial charge >= 0.3 is 5.97 Å². The first-order chi connectivity index (χ1) is 11.0. The minimum Gasteiger partial charge on any atom is -0.497 e. The molecule has 0 heterocycles. The predicted octanol–water partition coefficient (Wildman–Crippen LogP) is 4.80. The van der Waals surface area contributed by atoms with Crippen LogP contribution < -0.4 is 4.74 Å². The van der Waals surface area contributed by atoms with Crippen molar-refractivity contribution < 1.29 is 14.3 Å². The van der Waals surface area contributed by atoms with E-state index in [1.165, 1.54) is 5.56 Å². The van der Waals surface area contributed by atoms with Gasteiger partial charge in [0.2, 0.25) is 0 Å². The zero-order chi connectivity index (χ0) is 16.6. The van der Waals surface area contributed by atoms with Crippen molar-refractivity contribution >= 4 is 27.5 Å². The summed E-state index contributed by atoms with van der Waals surface area (Å²) in [5.41, 5.74) is 2.97. The molecule has 23 heavy (non-hydrogen) atoms. The second-order valence-electron chi connectivity index (χ2n) is 5.71. The van der Waals surface area contributed by atoms with Crippen molar-refractivity contribution in [1.82, 2.24) is 0 Å². The fraction of sp³-hybridized carbons (Fsp3) is 0.250. The highest BCUT2D eigenvalue weighted by atomic mass is 16.5. The topological polar surface area (TPSA) is 35.5 Å². The lowest BCUT2D eigenvalue weighted by molar-refractivity contribution is 0.0529. The average Bonchev–Trinajstić information content (AvgIpc) is 2.55. The molecule has 3 heteroatoms. The number of methoxy groups -OCH3 is 1. The maximum Gasteiger partial charge on any atom is 0.338 e. The summed E-state index contributed by atoms with van der Waals surface area (Å²) in [4.78, 5) is 12.4. The van der Waals surface area contributed by atoms with Crippen LogP contribution in [0.5, 0.6) is 5.75 Å². The van der Waals surface area contributed by atoms with Gasteiger partial charge < -0.3 is 9.47 Å². The molecule has 3 aromatic carbocycles. The zero-order valence-electron chi connectivity index (χ0n) is 13.9. The van der Waals surface area contributed by atoms with Crippen LogP contribution in [0.1, 0.15) is 28.4 Å². The lowest BCUT2D eigenvalue weighted by Gasteiger charge is -2.13. The number of carbonyl (C=O) groups is 1. The quantitative estimate of drug-likeness (QED) is 0.515. The summed E-state index contributed by atoms with van der Waals surface area (Å²) in [5.74, 6) is 0.527. The largest absolute Gasteiger partial charge is 0.497 e. The number of benzene rings is 3. The van der Waals surface area contributed by atoms with Gasteiger partial charge in [0.05, 0.1) is 19.3 Å². The molecule has 0 aliphatic rings. The number of ether oxygens (including phenoxy) is 2.